The van der Waals surface area contributed by atoms with Crippen LogP contribution in [0.15, 0.2) is 80.2 Å². The van der Waals surface area contributed by atoms with Gasteiger partial charge in [-0.15, -0.1) is 0 Å². The molecular weight excluding hydrogens is 440 g/mol. The van der Waals surface area contributed by atoms with Gasteiger partial charge in [0.25, 0.3) is 0 Å². The van der Waals surface area contributed by atoms with E-state index in [1.54, 1.807) is 12.1 Å². The molecule has 158 valence electrons. The molecule has 32 heavy (non-hydrogen) atoms. The van der Waals surface area contributed by atoms with E-state index in [9.17, 15) is 20.1 Å². The minimum Gasteiger partial charge on any atom is -0.326 e. The molecule has 2 amide bonds. The molecule has 8 heteroatoms. The number of nitrogens with zero attached hydrogens (tertiary/aromatic N) is 2. The number of hydrogen-bond acceptors (Lipinski definition) is 6. The highest BCUT2D eigenvalue weighted by Gasteiger charge is 2.13. The van der Waals surface area contributed by atoms with Gasteiger partial charge in [-0.2, -0.15) is 10.5 Å². The molecule has 6 nitrogen and oxygen atoms in total. The molecule has 0 saturated heterocycles. The third-order valence-corrected chi connectivity index (χ3v) is 6.39. The number of hydrogen-bond donors (Lipinski definition) is 2. The van der Waals surface area contributed by atoms with Crippen LogP contribution < -0.4 is 10.6 Å². The second kappa shape index (κ2) is 10.5. The molecule has 0 aliphatic rings. The Hall–Kier alpha value is -3.72. The topological polar surface area (TPSA) is 106 Å². The zero-order valence-electron chi connectivity index (χ0n) is 17.3. The number of amides is 2. The van der Waals surface area contributed by atoms with E-state index in [4.69, 9.17) is 0 Å². The number of carbonyl (C=O) groups excluding carboxylic acids is 2. The van der Waals surface area contributed by atoms with E-state index in [2.05, 4.69) is 22.8 Å². The molecule has 0 aromatic heterocycles. The van der Waals surface area contributed by atoms with Crippen LogP contribution in [0.5, 0.6) is 0 Å². The van der Waals surface area contributed by atoms with E-state index in [0.29, 0.717) is 22.5 Å². The second-order valence-electron chi connectivity index (χ2n) is 6.68. The minimum absolute atomic E-state index is 0.139. The molecule has 0 aliphatic heterocycles. The van der Waals surface area contributed by atoms with Crippen LogP contribution in [-0.4, -0.2) is 11.8 Å². The van der Waals surface area contributed by atoms with Gasteiger partial charge in [0.1, 0.15) is 12.1 Å². The van der Waals surface area contributed by atoms with Gasteiger partial charge < -0.3 is 10.6 Å². The van der Waals surface area contributed by atoms with Crippen molar-refractivity contribution in [3.05, 3.63) is 71.8 Å². The van der Waals surface area contributed by atoms with Gasteiger partial charge in [-0.25, -0.2) is 0 Å². The summed E-state index contributed by atoms with van der Waals surface area (Å²) >= 11 is 2.94. The maximum Gasteiger partial charge on any atom is 0.221 e. The number of nitriles is 2. The van der Waals surface area contributed by atoms with Crippen LogP contribution in [0.2, 0.25) is 0 Å². The lowest BCUT2D eigenvalue weighted by molar-refractivity contribution is -0.115. The van der Waals surface area contributed by atoms with Gasteiger partial charge in [0.15, 0.2) is 0 Å². The fourth-order valence-electron chi connectivity index (χ4n) is 2.78. The Kier molecular flexibility index (Phi) is 7.56. The number of benzene rings is 3. The third kappa shape index (κ3) is 6.14. The van der Waals surface area contributed by atoms with Crippen LogP contribution in [0, 0.1) is 22.7 Å². The summed E-state index contributed by atoms with van der Waals surface area (Å²) in [6.45, 7) is 2.91. The number of rotatable bonds is 6. The first-order valence-corrected chi connectivity index (χ1v) is 11.1. The first-order valence-electron chi connectivity index (χ1n) is 9.47. The summed E-state index contributed by atoms with van der Waals surface area (Å²) < 4.78 is 0. The summed E-state index contributed by atoms with van der Waals surface area (Å²) in [5.41, 5.74) is 2.03. The van der Waals surface area contributed by atoms with Crippen molar-refractivity contribution in [1.82, 2.24) is 0 Å². The van der Waals surface area contributed by atoms with Crippen molar-refractivity contribution in [3.63, 3.8) is 0 Å². The number of nitrogens with one attached hydrogen (secondary N) is 2. The molecule has 0 bridgehead atoms. The summed E-state index contributed by atoms with van der Waals surface area (Å²) in [5, 5.41) is 24.4. The lowest BCUT2D eigenvalue weighted by Crippen LogP contribution is -2.05. The van der Waals surface area contributed by atoms with Crippen LogP contribution in [0.1, 0.15) is 25.0 Å². The fraction of sp³-hybridized carbons (Fsp3) is 0.0833. The SMILES string of the molecule is CC(=O)Nc1ccc(Sc2cc(C#N)c(C#N)cc2Sc2ccc(NC(C)=O)cc2)cc1. The van der Waals surface area contributed by atoms with E-state index in [0.717, 1.165) is 19.6 Å². The number of carbonyl (C=O) groups is 2. The van der Waals surface area contributed by atoms with E-state index in [-0.39, 0.29) is 11.8 Å². The standard InChI is InChI=1S/C24H18N4O2S2/c1-15(29)27-19-3-7-21(8-4-19)31-23-11-17(13-25)18(14-26)12-24(23)32-22-9-5-20(6-10-22)28-16(2)30/h3-12H,1-2H3,(H,27,29)(H,28,30). The zero-order valence-corrected chi connectivity index (χ0v) is 18.9. The van der Waals surface area contributed by atoms with Crippen LogP contribution in [0.4, 0.5) is 11.4 Å². The van der Waals surface area contributed by atoms with Gasteiger partial charge in [0.05, 0.1) is 11.1 Å². The van der Waals surface area contributed by atoms with Gasteiger partial charge >= 0.3 is 0 Å². The van der Waals surface area contributed by atoms with Gasteiger partial charge in [0.2, 0.25) is 11.8 Å². The lowest BCUT2D eigenvalue weighted by Gasteiger charge is -2.12. The molecule has 0 fully saturated rings. The Labute approximate surface area is 194 Å². The molecule has 2 N–H and O–H groups in total. The molecule has 0 spiro atoms. The normalized spacial score (nSPS) is 10.0. The molecule has 3 aromatic rings. The first kappa shape index (κ1) is 23.0. The molecular formula is C24H18N4O2S2. The average Bonchev–Trinajstić information content (AvgIpc) is 2.76. The van der Waals surface area contributed by atoms with Crippen molar-refractivity contribution in [3.8, 4) is 12.1 Å². The van der Waals surface area contributed by atoms with Crippen molar-refractivity contribution >= 4 is 46.7 Å². The summed E-state index contributed by atoms with van der Waals surface area (Å²) in [4.78, 5) is 26.0. The molecule has 0 aliphatic carbocycles. The van der Waals surface area contributed by atoms with Crippen molar-refractivity contribution in [2.24, 2.45) is 0 Å². The Morgan fingerprint density at radius 2 is 1.03 bits per heavy atom. The van der Waals surface area contributed by atoms with E-state index in [1.807, 2.05) is 48.5 Å². The van der Waals surface area contributed by atoms with Gasteiger partial charge in [0, 0.05) is 44.8 Å². The smallest absolute Gasteiger partial charge is 0.221 e. The highest BCUT2D eigenvalue weighted by Crippen LogP contribution is 2.40. The average molecular weight is 459 g/mol. The van der Waals surface area contributed by atoms with Crippen LogP contribution in [-0.2, 0) is 9.59 Å². The van der Waals surface area contributed by atoms with Crippen LogP contribution in [0.25, 0.3) is 0 Å². The monoisotopic (exact) mass is 458 g/mol. The predicted octanol–water partition coefficient (Wildman–Crippen LogP) is 5.65. The molecule has 0 heterocycles. The van der Waals surface area contributed by atoms with Crippen molar-refractivity contribution in [2.45, 2.75) is 33.4 Å². The lowest BCUT2D eigenvalue weighted by atomic mass is 10.1. The fourth-order valence-corrected chi connectivity index (χ4v) is 4.75. The van der Waals surface area contributed by atoms with Crippen molar-refractivity contribution in [1.29, 1.82) is 10.5 Å². The van der Waals surface area contributed by atoms with Crippen molar-refractivity contribution < 1.29 is 9.59 Å². The minimum atomic E-state index is -0.139. The van der Waals surface area contributed by atoms with E-state index < -0.39 is 0 Å². The summed E-state index contributed by atoms with van der Waals surface area (Å²) in [6, 6.07) is 22.4. The largest absolute Gasteiger partial charge is 0.326 e. The van der Waals surface area contributed by atoms with Gasteiger partial charge in [-0.05, 0) is 60.7 Å². The van der Waals surface area contributed by atoms with E-state index >= 15 is 0 Å². The molecule has 0 radical (unpaired) electrons. The Morgan fingerprint density at radius 1 is 0.688 bits per heavy atom. The Balaban J connectivity index is 1.91. The van der Waals surface area contributed by atoms with E-state index in [1.165, 1.54) is 37.4 Å². The molecule has 0 atom stereocenters. The Bertz CT molecular complexity index is 1140. The van der Waals surface area contributed by atoms with Crippen LogP contribution >= 0.6 is 23.5 Å². The quantitative estimate of drug-likeness (QED) is 0.494. The summed E-state index contributed by atoms with van der Waals surface area (Å²) in [6.07, 6.45) is 0. The van der Waals surface area contributed by atoms with Crippen molar-refractivity contribution in [2.75, 3.05) is 10.6 Å². The Morgan fingerprint density at radius 3 is 1.31 bits per heavy atom. The maximum absolute atomic E-state index is 11.2. The molecule has 0 unspecified atom stereocenters. The first-order chi connectivity index (χ1) is 15.4. The zero-order chi connectivity index (χ0) is 23.1. The summed E-state index contributed by atoms with van der Waals surface area (Å²) in [5.74, 6) is -0.279. The molecule has 3 aromatic carbocycles. The van der Waals surface area contributed by atoms with Gasteiger partial charge in [-0.3, -0.25) is 9.59 Å². The van der Waals surface area contributed by atoms with Crippen LogP contribution in [0.3, 0.4) is 0 Å². The summed E-state index contributed by atoms with van der Waals surface area (Å²) in [7, 11) is 0. The predicted molar refractivity (Wildman–Crippen MR) is 126 cm³/mol. The maximum atomic E-state index is 11.2. The second-order valence-corrected chi connectivity index (χ2v) is 8.91. The highest BCUT2D eigenvalue weighted by atomic mass is 32.2. The van der Waals surface area contributed by atoms with Gasteiger partial charge in [-0.1, -0.05) is 23.5 Å². The third-order valence-electron chi connectivity index (χ3n) is 4.13. The number of anilines is 2. The highest BCUT2D eigenvalue weighted by molar-refractivity contribution is 8.02. The molecule has 3 rings (SSSR count). The molecule has 0 saturated carbocycles.